The largest absolute Gasteiger partial charge is 0.507 e. The summed E-state index contributed by atoms with van der Waals surface area (Å²) in [6, 6.07) is 8.76. The zero-order chi connectivity index (χ0) is 35.5. The monoisotopic (exact) mass is 732 g/mol. The maximum atomic E-state index is 11.2. The predicted octanol–water partition coefficient (Wildman–Crippen LogP) is 10.3. The van der Waals surface area contributed by atoms with Crippen molar-refractivity contribution in [1.29, 1.82) is 0 Å². The van der Waals surface area contributed by atoms with Crippen molar-refractivity contribution in [3.63, 3.8) is 0 Å². The topological polar surface area (TPSA) is 135 Å². The Hall–Kier alpha value is -2.86. The Morgan fingerprint density at radius 2 is 1.14 bits per heavy atom. The molecule has 9 heteroatoms. The van der Waals surface area contributed by atoms with E-state index in [9.17, 15) is 10.2 Å². The molecule has 0 bridgehead atoms. The molecular formula is C41H66CrN3O5-. The fourth-order valence-corrected chi connectivity index (χ4v) is 6.23. The summed E-state index contributed by atoms with van der Waals surface area (Å²) in [7, 11) is 0. The van der Waals surface area contributed by atoms with Gasteiger partial charge in [0.25, 0.3) is 0 Å². The van der Waals surface area contributed by atoms with Crippen LogP contribution in [0.4, 0.5) is 4.79 Å². The minimum Gasteiger partial charge on any atom is -0.507 e. The van der Waals surface area contributed by atoms with Crippen LogP contribution >= 0.6 is 0 Å². The van der Waals surface area contributed by atoms with Crippen LogP contribution in [0.3, 0.4) is 0 Å². The molecule has 2 aromatic carbocycles. The molecule has 8 nitrogen and oxygen atoms in total. The number of aromatic hydroxyl groups is 2. The van der Waals surface area contributed by atoms with Crippen LogP contribution in [0.2, 0.25) is 0 Å². The third kappa shape index (κ3) is 16.9. The molecule has 0 heterocycles. The maximum absolute atomic E-state index is 11.2. The molecule has 2 aromatic rings. The molecule has 282 valence electrons. The molecule has 1 saturated carbocycles. The maximum Gasteiger partial charge on any atom is 0.503 e. The number of hydrogen-bond acceptors (Lipinski definition) is 6. The molecule has 0 aliphatic heterocycles. The molecule has 3 rings (SSSR count). The summed E-state index contributed by atoms with van der Waals surface area (Å²) in [6.45, 7) is 15.2. The van der Waals surface area contributed by atoms with E-state index in [0.29, 0.717) is 11.5 Å². The van der Waals surface area contributed by atoms with Crippen LogP contribution in [-0.2, 0) is 30.2 Å². The van der Waals surface area contributed by atoms with Gasteiger partial charge >= 0.3 is 6.16 Å². The molecule has 1 aliphatic carbocycles. The second-order valence-corrected chi connectivity index (χ2v) is 13.8. The summed E-state index contributed by atoms with van der Waals surface area (Å²) in [6.07, 6.45) is 16.6. The number of phenolic OH excluding ortho intramolecular Hbond substituents is 2. The number of benzene rings is 2. The van der Waals surface area contributed by atoms with Gasteiger partial charge in [0.1, 0.15) is 11.5 Å². The third-order valence-corrected chi connectivity index (χ3v) is 9.05. The van der Waals surface area contributed by atoms with E-state index < -0.39 is 6.16 Å². The summed E-state index contributed by atoms with van der Waals surface area (Å²) in [5, 5.41) is 39.8. The molecule has 5 N–H and O–H groups in total. The van der Waals surface area contributed by atoms with Gasteiger partial charge in [-0.3, -0.25) is 9.98 Å². The summed E-state index contributed by atoms with van der Waals surface area (Å²) in [4.78, 5) is 18.6. The zero-order valence-electron chi connectivity index (χ0n) is 31.9. The molecule has 0 radical (unpaired) electrons. The molecule has 2 atom stereocenters. The van der Waals surface area contributed by atoms with Crippen molar-refractivity contribution in [3.05, 3.63) is 65.1 Å². The van der Waals surface area contributed by atoms with E-state index in [1.165, 1.54) is 36.8 Å². The number of aliphatic imine (C=N–C) groups is 2. The summed E-state index contributed by atoms with van der Waals surface area (Å²) in [5.41, 5.74) is 6.20. The Balaban J connectivity index is 0.00000379. The van der Waals surface area contributed by atoms with Gasteiger partial charge in [-0.2, -0.15) is 0 Å². The fourth-order valence-electron chi connectivity index (χ4n) is 6.23. The molecule has 50 heavy (non-hydrogen) atoms. The van der Waals surface area contributed by atoms with Gasteiger partial charge < -0.3 is 33.2 Å². The van der Waals surface area contributed by atoms with Crippen LogP contribution in [-0.4, -0.2) is 64.2 Å². The standard InChI is InChI=1S/C39H61N3O2.CH2O3.CH3.Cr/c1-7-9-11-16-30-22-32(38(43)34(24-30)28(3)4)26-41-36-18-12-13-19-37(36)42-27-33-23-31(25-35(29(5)6)39(33)44)17-14-15-21-40-20-10-8-2;2-1(3)4;;/h22-29,36-37,40,43-44H,7-21H2,1-6H3;(H2,2,3,4);1H3;/q;;-1;. The number of rotatable bonds is 18. The van der Waals surface area contributed by atoms with Crippen LogP contribution in [0.1, 0.15) is 157 Å². The molecule has 0 spiro atoms. The van der Waals surface area contributed by atoms with E-state index in [4.69, 9.17) is 25.0 Å². The summed E-state index contributed by atoms with van der Waals surface area (Å²) in [5.74, 6) is 1.21. The zero-order valence-corrected chi connectivity index (χ0v) is 33.2. The van der Waals surface area contributed by atoms with Crippen LogP contribution in [0.25, 0.3) is 0 Å². The molecular weight excluding hydrogens is 666 g/mol. The van der Waals surface area contributed by atoms with Crippen LogP contribution in [0.15, 0.2) is 34.3 Å². The number of nitrogens with one attached hydrogen (secondary N) is 1. The van der Waals surface area contributed by atoms with E-state index in [1.54, 1.807) is 0 Å². The van der Waals surface area contributed by atoms with Crippen molar-refractivity contribution in [2.24, 2.45) is 9.98 Å². The van der Waals surface area contributed by atoms with Crippen LogP contribution in [0.5, 0.6) is 11.5 Å². The Bertz CT molecular complexity index is 1310. The van der Waals surface area contributed by atoms with Gasteiger partial charge in [0, 0.05) is 40.9 Å². The number of carbonyl (C=O) groups is 1. The number of hydrogen-bond donors (Lipinski definition) is 5. The summed E-state index contributed by atoms with van der Waals surface area (Å²) >= 11 is 0. The van der Waals surface area contributed by atoms with Gasteiger partial charge in [-0.1, -0.05) is 85.8 Å². The average molecular weight is 733 g/mol. The normalized spacial score (nSPS) is 15.9. The molecule has 0 amide bonds. The van der Waals surface area contributed by atoms with Crippen molar-refractivity contribution in [2.75, 3.05) is 13.1 Å². The Labute approximate surface area is 314 Å². The number of phenols is 2. The molecule has 1 fully saturated rings. The first-order chi connectivity index (χ1) is 23.0. The average Bonchev–Trinajstić information content (AvgIpc) is 3.04. The Morgan fingerprint density at radius 1 is 0.740 bits per heavy atom. The van der Waals surface area contributed by atoms with Crippen molar-refractivity contribution >= 4 is 18.6 Å². The van der Waals surface area contributed by atoms with Crippen molar-refractivity contribution in [3.8, 4) is 11.5 Å². The number of unbranched alkanes of at least 4 members (excludes halogenated alkanes) is 4. The first kappa shape index (κ1) is 47.1. The number of nitrogens with zero attached hydrogens (tertiary/aromatic N) is 2. The second kappa shape index (κ2) is 26.0. The van der Waals surface area contributed by atoms with Crippen LogP contribution < -0.4 is 5.32 Å². The van der Waals surface area contributed by atoms with Crippen molar-refractivity contribution in [1.82, 2.24) is 5.32 Å². The van der Waals surface area contributed by atoms with Gasteiger partial charge in [0.05, 0.1) is 12.1 Å². The SMILES string of the molecule is CCCCCc1cc(C=NC2CCCCC2N=Cc2cc(CCCCNCCCC)cc(C(C)C)c2O)c(O)c(C(C)C)c1.O=C(O)O.[CH3-].[Cr]. The minimum atomic E-state index is -1.83. The van der Waals surface area contributed by atoms with Gasteiger partial charge in [0.2, 0.25) is 0 Å². The predicted molar refractivity (Wildman–Crippen MR) is 207 cm³/mol. The van der Waals surface area contributed by atoms with Crippen molar-refractivity contribution in [2.45, 2.75) is 149 Å². The molecule has 2 unspecified atom stereocenters. The van der Waals surface area contributed by atoms with E-state index in [0.717, 1.165) is 93.1 Å². The minimum absolute atomic E-state index is 0. The third-order valence-electron chi connectivity index (χ3n) is 9.05. The van der Waals surface area contributed by atoms with E-state index in [2.05, 4.69) is 71.1 Å². The Morgan fingerprint density at radius 3 is 1.54 bits per heavy atom. The van der Waals surface area contributed by atoms with Gasteiger partial charge in [-0.25, -0.2) is 4.79 Å². The molecule has 0 aromatic heterocycles. The number of carboxylic acid groups (broad SMARTS) is 2. The Kier molecular flexibility index (Phi) is 24.5. The van der Waals surface area contributed by atoms with Crippen LogP contribution in [0, 0.1) is 7.43 Å². The number of aryl methyl sites for hydroxylation is 2. The second-order valence-electron chi connectivity index (χ2n) is 13.8. The van der Waals surface area contributed by atoms with E-state index >= 15 is 0 Å². The molecule has 1 aliphatic rings. The van der Waals surface area contributed by atoms with E-state index in [1.807, 2.05) is 12.4 Å². The first-order valence-electron chi connectivity index (χ1n) is 18.4. The summed E-state index contributed by atoms with van der Waals surface area (Å²) < 4.78 is 0. The van der Waals surface area contributed by atoms with Crippen molar-refractivity contribution < 1.29 is 42.6 Å². The fraction of sp³-hybridized carbons (Fsp3) is 0.610. The first-order valence-corrected chi connectivity index (χ1v) is 18.4. The van der Waals surface area contributed by atoms with Gasteiger partial charge in [0.15, 0.2) is 0 Å². The smallest absolute Gasteiger partial charge is 0.503 e. The van der Waals surface area contributed by atoms with Gasteiger partial charge in [-0.05, 0) is 111 Å². The molecule has 0 saturated heterocycles. The van der Waals surface area contributed by atoms with E-state index in [-0.39, 0.29) is 48.7 Å². The van der Waals surface area contributed by atoms with Gasteiger partial charge in [-0.15, -0.1) is 0 Å². The quantitative estimate of drug-likeness (QED) is 0.0588.